The molecule has 0 aliphatic carbocycles. The van der Waals surface area contributed by atoms with Crippen LogP contribution in [0.3, 0.4) is 0 Å². The standard InChI is InChI=1S/C26H31N3O3S/c1-29(2)17-7-15-27-26(31)24-13-12-23(33-24)20-10-11-21(22(18-20)32-3)25(30)28-16-14-19-8-5-4-6-9-19/h4-6,8-13,18H,7,14-17H2,1-3H3,(H,27,31)(H,28,30). The summed E-state index contributed by atoms with van der Waals surface area (Å²) in [5, 5.41) is 5.92. The summed E-state index contributed by atoms with van der Waals surface area (Å²) in [7, 11) is 5.59. The molecular weight excluding hydrogens is 434 g/mol. The van der Waals surface area contributed by atoms with E-state index in [1.165, 1.54) is 16.9 Å². The zero-order valence-electron chi connectivity index (χ0n) is 19.4. The lowest BCUT2D eigenvalue weighted by molar-refractivity contribution is 0.0945. The van der Waals surface area contributed by atoms with Gasteiger partial charge >= 0.3 is 0 Å². The summed E-state index contributed by atoms with van der Waals surface area (Å²) in [6.45, 7) is 2.12. The van der Waals surface area contributed by atoms with Crippen LogP contribution in [0.15, 0.2) is 60.7 Å². The number of methoxy groups -OCH3 is 1. The highest BCUT2D eigenvalue weighted by Gasteiger charge is 2.15. The third kappa shape index (κ3) is 7.17. The Bertz CT molecular complexity index is 1060. The number of ether oxygens (including phenoxy) is 1. The minimum absolute atomic E-state index is 0.0635. The summed E-state index contributed by atoms with van der Waals surface area (Å²) >= 11 is 1.42. The quantitative estimate of drug-likeness (QED) is 0.419. The second kappa shape index (κ2) is 12.2. The van der Waals surface area contributed by atoms with E-state index < -0.39 is 0 Å². The highest BCUT2D eigenvalue weighted by molar-refractivity contribution is 7.17. The van der Waals surface area contributed by atoms with E-state index in [-0.39, 0.29) is 11.8 Å². The van der Waals surface area contributed by atoms with Gasteiger partial charge in [-0.05, 0) is 68.9 Å². The number of rotatable bonds is 11. The molecule has 0 aliphatic rings. The van der Waals surface area contributed by atoms with Gasteiger partial charge in [0.1, 0.15) is 5.75 Å². The van der Waals surface area contributed by atoms with E-state index in [4.69, 9.17) is 4.74 Å². The van der Waals surface area contributed by atoms with Crippen LogP contribution < -0.4 is 15.4 Å². The fourth-order valence-electron chi connectivity index (χ4n) is 3.39. The molecule has 0 aliphatic heterocycles. The number of nitrogens with zero attached hydrogens (tertiary/aromatic N) is 1. The summed E-state index contributed by atoms with van der Waals surface area (Å²) in [6.07, 6.45) is 1.67. The molecule has 0 radical (unpaired) electrons. The average molecular weight is 466 g/mol. The molecule has 0 saturated carbocycles. The first-order valence-corrected chi connectivity index (χ1v) is 11.8. The normalized spacial score (nSPS) is 10.8. The third-order valence-corrected chi connectivity index (χ3v) is 6.30. The monoisotopic (exact) mass is 465 g/mol. The molecule has 0 unspecified atom stereocenters. The molecule has 2 N–H and O–H groups in total. The van der Waals surface area contributed by atoms with E-state index in [1.54, 1.807) is 13.2 Å². The highest BCUT2D eigenvalue weighted by atomic mass is 32.1. The van der Waals surface area contributed by atoms with Crippen molar-refractivity contribution in [1.82, 2.24) is 15.5 Å². The van der Waals surface area contributed by atoms with Crippen LogP contribution in [0.5, 0.6) is 5.75 Å². The van der Waals surface area contributed by atoms with Crippen molar-refractivity contribution in [2.45, 2.75) is 12.8 Å². The van der Waals surface area contributed by atoms with E-state index in [0.29, 0.717) is 29.3 Å². The molecule has 0 atom stereocenters. The Kier molecular flexibility index (Phi) is 9.04. The van der Waals surface area contributed by atoms with Crippen molar-refractivity contribution in [2.75, 3.05) is 40.8 Å². The lowest BCUT2D eigenvalue weighted by Gasteiger charge is -2.11. The fourth-order valence-corrected chi connectivity index (χ4v) is 4.31. The van der Waals surface area contributed by atoms with Crippen LogP contribution in [0.4, 0.5) is 0 Å². The lowest BCUT2D eigenvalue weighted by Crippen LogP contribution is -2.26. The first-order chi connectivity index (χ1) is 16.0. The van der Waals surface area contributed by atoms with Gasteiger partial charge in [-0.1, -0.05) is 36.4 Å². The minimum atomic E-state index is -0.168. The molecule has 0 spiro atoms. The van der Waals surface area contributed by atoms with E-state index >= 15 is 0 Å². The highest BCUT2D eigenvalue weighted by Crippen LogP contribution is 2.32. The summed E-state index contributed by atoms with van der Waals surface area (Å²) in [5.74, 6) is 0.275. The molecule has 2 aromatic carbocycles. The number of amides is 2. The molecule has 3 aromatic rings. The van der Waals surface area contributed by atoms with Crippen LogP contribution in [-0.4, -0.2) is 57.6 Å². The Morgan fingerprint density at radius 2 is 1.70 bits per heavy atom. The summed E-state index contributed by atoms with van der Waals surface area (Å²) in [5.41, 5.74) is 2.57. The van der Waals surface area contributed by atoms with E-state index in [9.17, 15) is 9.59 Å². The van der Waals surface area contributed by atoms with Crippen molar-refractivity contribution < 1.29 is 14.3 Å². The molecule has 3 rings (SSSR count). The molecule has 33 heavy (non-hydrogen) atoms. The second-order valence-electron chi connectivity index (χ2n) is 7.98. The molecular formula is C26H31N3O3S. The lowest BCUT2D eigenvalue weighted by atomic mass is 10.1. The Morgan fingerprint density at radius 3 is 2.42 bits per heavy atom. The van der Waals surface area contributed by atoms with Gasteiger partial charge in [-0.2, -0.15) is 0 Å². The zero-order chi connectivity index (χ0) is 23.6. The first-order valence-electron chi connectivity index (χ1n) is 11.0. The molecule has 1 aromatic heterocycles. The summed E-state index contributed by atoms with van der Waals surface area (Å²) < 4.78 is 5.49. The summed E-state index contributed by atoms with van der Waals surface area (Å²) in [6, 6.07) is 19.3. The van der Waals surface area contributed by atoms with Gasteiger partial charge in [-0.3, -0.25) is 9.59 Å². The molecule has 0 bridgehead atoms. The van der Waals surface area contributed by atoms with E-state index in [0.717, 1.165) is 29.8 Å². The Labute approximate surface area is 199 Å². The van der Waals surface area contributed by atoms with Crippen LogP contribution in [0.1, 0.15) is 32.0 Å². The average Bonchev–Trinajstić information content (AvgIpc) is 3.32. The maximum Gasteiger partial charge on any atom is 0.261 e. The number of thiophene rings is 1. The van der Waals surface area contributed by atoms with Gasteiger partial charge in [-0.15, -0.1) is 11.3 Å². The second-order valence-corrected chi connectivity index (χ2v) is 9.07. The largest absolute Gasteiger partial charge is 0.496 e. The van der Waals surface area contributed by atoms with Gasteiger partial charge in [0.25, 0.3) is 11.8 Å². The number of hydrogen-bond acceptors (Lipinski definition) is 5. The smallest absolute Gasteiger partial charge is 0.261 e. The fraction of sp³-hybridized carbons (Fsp3) is 0.308. The molecule has 0 saturated heterocycles. The van der Waals surface area contributed by atoms with Crippen molar-refractivity contribution in [3.63, 3.8) is 0 Å². The first kappa shape index (κ1) is 24.5. The van der Waals surface area contributed by atoms with Crippen molar-refractivity contribution in [1.29, 1.82) is 0 Å². The van der Waals surface area contributed by atoms with Gasteiger partial charge in [0.15, 0.2) is 0 Å². The van der Waals surface area contributed by atoms with Crippen LogP contribution in [0, 0.1) is 0 Å². The third-order valence-electron chi connectivity index (χ3n) is 5.17. The Hall–Kier alpha value is -3.16. The number of benzene rings is 2. The molecule has 2 amide bonds. The van der Waals surface area contributed by atoms with Crippen LogP contribution >= 0.6 is 11.3 Å². The van der Waals surface area contributed by atoms with Crippen molar-refractivity contribution in [2.24, 2.45) is 0 Å². The molecule has 0 fully saturated rings. The van der Waals surface area contributed by atoms with Crippen molar-refractivity contribution in [3.8, 4) is 16.2 Å². The Morgan fingerprint density at radius 1 is 0.939 bits per heavy atom. The summed E-state index contributed by atoms with van der Waals surface area (Å²) in [4.78, 5) is 28.8. The molecule has 1 heterocycles. The predicted octanol–water partition coefficient (Wildman–Crippen LogP) is 4.08. The Balaban J connectivity index is 1.61. The molecule has 7 heteroatoms. The van der Waals surface area contributed by atoms with E-state index in [2.05, 4.69) is 15.5 Å². The predicted molar refractivity (Wildman–Crippen MR) is 134 cm³/mol. The number of carbonyl (C=O) groups is 2. The molecule has 6 nitrogen and oxygen atoms in total. The number of hydrogen-bond donors (Lipinski definition) is 2. The van der Waals surface area contributed by atoms with Gasteiger partial charge in [0.05, 0.1) is 17.6 Å². The van der Waals surface area contributed by atoms with Gasteiger partial charge in [-0.25, -0.2) is 0 Å². The van der Waals surface area contributed by atoms with Gasteiger partial charge in [0, 0.05) is 18.0 Å². The van der Waals surface area contributed by atoms with E-state index in [1.807, 2.05) is 68.7 Å². The van der Waals surface area contributed by atoms with Crippen molar-refractivity contribution >= 4 is 23.2 Å². The van der Waals surface area contributed by atoms with Gasteiger partial charge in [0.2, 0.25) is 0 Å². The van der Waals surface area contributed by atoms with Gasteiger partial charge < -0.3 is 20.3 Å². The topological polar surface area (TPSA) is 70.7 Å². The molecule has 174 valence electrons. The van der Waals surface area contributed by atoms with Crippen LogP contribution in [-0.2, 0) is 6.42 Å². The SMILES string of the molecule is COc1cc(-c2ccc(C(=O)NCCCN(C)C)s2)ccc1C(=O)NCCc1ccccc1. The van der Waals surface area contributed by atoms with Crippen molar-refractivity contribution in [3.05, 3.63) is 76.7 Å². The number of carbonyl (C=O) groups excluding carboxylic acids is 2. The number of nitrogens with one attached hydrogen (secondary N) is 2. The maximum absolute atomic E-state index is 12.7. The minimum Gasteiger partial charge on any atom is -0.496 e. The van der Waals surface area contributed by atoms with Crippen LogP contribution in [0.25, 0.3) is 10.4 Å². The maximum atomic E-state index is 12.7. The zero-order valence-corrected chi connectivity index (χ0v) is 20.2. The van der Waals surface area contributed by atoms with Crippen LogP contribution in [0.2, 0.25) is 0 Å².